The lowest BCUT2D eigenvalue weighted by Gasteiger charge is -2.18. The van der Waals surface area contributed by atoms with Crippen molar-refractivity contribution < 1.29 is 4.42 Å². The summed E-state index contributed by atoms with van der Waals surface area (Å²) in [6.07, 6.45) is 6.22. The monoisotopic (exact) mass is 323 g/mol. The molecular formula is C18H21N5O. The fraction of sp³-hybridized carbons (Fsp3) is 0.278. The molecule has 0 saturated heterocycles. The summed E-state index contributed by atoms with van der Waals surface area (Å²) in [7, 11) is 2.01. The van der Waals surface area contributed by atoms with Gasteiger partial charge in [-0.05, 0) is 43.2 Å². The molecule has 0 aliphatic carbocycles. The summed E-state index contributed by atoms with van der Waals surface area (Å²) in [6.45, 7) is 3.41. The van der Waals surface area contributed by atoms with Crippen LogP contribution in [0.15, 0.2) is 53.4 Å². The largest absolute Gasteiger partial charge is 0.467 e. The Hall–Kier alpha value is -2.89. The van der Waals surface area contributed by atoms with Crippen molar-refractivity contribution in [1.82, 2.24) is 15.0 Å². The highest BCUT2D eigenvalue weighted by Crippen LogP contribution is 2.14. The molecular weight excluding hydrogens is 302 g/mol. The van der Waals surface area contributed by atoms with Crippen LogP contribution in [0.3, 0.4) is 0 Å². The minimum absolute atomic E-state index is 0.601. The predicted molar refractivity (Wildman–Crippen MR) is 94.0 cm³/mol. The number of likely N-dealkylation sites (N-methyl/N-ethyl adjacent to an activating group) is 1. The molecule has 0 aromatic carbocycles. The van der Waals surface area contributed by atoms with Crippen LogP contribution in [-0.2, 0) is 13.0 Å². The van der Waals surface area contributed by atoms with Gasteiger partial charge >= 0.3 is 0 Å². The molecule has 24 heavy (non-hydrogen) atoms. The van der Waals surface area contributed by atoms with Crippen molar-refractivity contribution in [3.8, 4) is 0 Å². The summed E-state index contributed by atoms with van der Waals surface area (Å²) in [6, 6.07) is 9.80. The number of aryl methyl sites for hydroxylation is 1. The van der Waals surface area contributed by atoms with Crippen LogP contribution in [0, 0.1) is 6.92 Å². The lowest BCUT2D eigenvalue weighted by molar-refractivity contribution is 0.518. The molecule has 3 aromatic heterocycles. The fourth-order valence-corrected chi connectivity index (χ4v) is 2.35. The third-order valence-corrected chi connectivity index (χ3v) is 3.69. The van der Waals surface area contributed by atoms with E-state index in [4.69, 9.17) is 4.42 Å². The molecule has 0 spiro atoms. The van der Waals surface area contributed by atoms with Gasteiger partial charge in [0.05, 0.1) is 12.8 Å². The molecule has 124 valence electrons. The van der Waals surface area contributed by atoms with Crippen molar-refractivity contribution in [2.75, 3.05) is 23.8 Å². The summed E-state index contributed by atoms with van der Waals surface area (Å²) >= 11 is 0. The van der Waals surface area contributed by atoms with Crippen molar-refractivity contribution in [3.05, 3.63) is 66.0 Å². The lowest BCUT2D eigenvalue weighted by atomic mass is 10.2. The standard InChI is InChI=1S/C18H21N5O/c1-14-12-17(20-13-16-4-3-11-24-16)22-18(21-14)23(2)10-7-15-5-8-19-9-6-15/h3-6,8-9,11-12H,7,10,13H2,1-2H3,(H,20,21,22). The topological polar surface area (TPSA) is 67.1 Å². The second-order valence-electron chi connectivity index (χ2n) is 5.65. The lowest BCUT2D eigenvalue weighted by Crippen LogP contribution is -2.23. The zero-order valence-electron chi connectivity index (χ0n) is 13.9. The van der Waals surface area contributed by atoms with Crippen LogP contribution in [-0.4, -0.2) is 28.5 Å². The Kier molecular flexibility index (Phi) is 5.05. The number of rotatable bonds is 7. The summed E-state index contributed by atoms with van der Waals surface area (Å²) < 4.78 is 5.33. The Bertz CT molecular complexity index is 758. The van der Waals surface area contributed by atoms with Crippen LogP contribution in [0.25, 0.3) is 0 Å². The average molecular weight is 323 g/mol. The van der Waals surface area contributed by atoms with Crippen LogP contribution in [0.1, 0.15) is 17.0 Å². The molecule has 0 aliphatic rings. The molecule has 6 heteroatoms. The van der Waals surface area contributed by atoms with Crippen LogP contribution in [0.5, 0.6) is 0 Å². The maximum Gasteiger partial charge on any atom is 0.227 e. The molecule has 0 unspecified atom stereocenters. The Morgan fingerprint density at radius 3 is 2.75 bits per heavy atom. The molecule has 0 saturated carbocycles. The first-order valence-electron chi connectivity index (χ1n) is 7.93. The number of anilines is 2. The number of aromatic nitrogens is 3. The molecule has 0 amide bonds. The van der Waals surface area contributed by atoms with E-state index in [0.29, 0.717) is 12.5 Å². The number of pyridine rings is 1. The first-order valence-corrected chi connectivity index (χ1v) is 7.93. The quantitative estimate of drug-likeness (QED) is 0.721. The van der Waals surface area contributed by atoms with Gasteiger partial charge in [0.25, 0.3) is 0 Å². The zero-order valence-corrected chi connectivity index (χ0v) is 13.9. The average Bonchev–Trinajstić information content (AvgIpc) is 3.12. The molecule has 0 aliphatic heterocycles. The first kappa shape index (κ1) is 16.0. The molecule has 0 atom stereocenters. The van der Waals surface area contributed by atoms with Gasteiger partial charge in [0, 0.05) is 37.7 Å². The van der Waals surface area contributed by atoms with E-state index >= 15 is 0 Å². The molecule has 1 N–H and O–H groups in total. The highest BCUT2D eigenvalue weighted by atomic mass is 16.3. The maximum atomic E-state index is 5.33. The maximum absolute atomic E-state index is 5.33. The van der Waals surface area contributed by atoms with E-state index in [-0.39, 0.29) is 0 Å². The number of hydrogen-bond donors (Lipinski definition) is 1. The Balaban J connectivity index is 1.63. The van der Waals surface area contributed by atoms with Crippen molar-refractivity contribution in [2.24, 2.45) is 0 Å². The van der Waals surface area contributed by atoms with Gasteiger partial charge < -0.3 is 14.6 Å². The van der Waals surface area contributed by atoms with Gasteiger partial charge in [-0.1, -0.05) is 0 Å². The van der Waals surface area contributed by atoms with Gasteiger partial charge in [-0.25, -0.2) is 4.98 Å². The summed E-state index contributed by atoms with van der Waals surface area (Å²) in [5.74, 6) is 2.38. The zero-order chi connectivity index (χ0) is 16.8. The second kappa shape index (κ2) is 7.59. The SMILES string of the molecule is Cc1cc(NCc2ccco2)nc(N(C)CCc2ccncc2)n1. The van der Waals surface area contributed by atoms with Gasteiger partial charge in [-0.15, -0.1) is 0 Å². The van der Waals surface area contributed by atoms with Crippen molar-refractivity contribution >= 4 is 11.8 Å². The summed E-state index contributed by atoms with van der Waals surface area (Å²) in [5, 5.41) is 3.28. The predicted octanol–water partition coefficient (Wildman–Crippen LogP) is 3.06. The number of furan rings is 1. The summed E-state index contributed by atoms with van der Waals surface area (Å²) in [5.41, 5.74) is 2.18. The Morgan fingerprint density at radius 1 is 1.17 bits per heavy atom. The number of nitrogens with one attached hydrogen (secondary N) is 1. The summed E-state index contributed by atoms with van der Waals surface area (Å²) in [4.78, 5) is 15.2. The van der Waals surface area contributed by atoms with Crippen LogP contribution in [0.2, 0.25) is 0 Å². The van der Waals surface area contributed by atoms with Crippen molar-refractivity contribution in [1.29, 1.82) is 0 Å². The third kappa shape index (κ3) is 4.32. The minimum Gasteiger partial charge on any atom is -0.467 e. The Morgan fingerprint density at radius 2 is 2.00 bits per heavy atom. The van der Waals surface area contributed by atoms with Gasteiger partial charge in [0.15, 0.2) is 0 Å². The number of nitrogens with zero attached hydrogens (tertiary/aromatic N) is 4. The Labute approximate surface area is 141 Å². The normalized spacial score (nSPS) is 10.6. The van der Waals surface area contributed by atoms with E-state index in [0.717, 1.165) is 30.2 Å². The molecule has 0 fully saturated rings. The number of hydrogen-bond acceptors (Lipinski definition) is 6. The smallest absolute Gasteiger partial charge is 0.227 e. The fourth-order valence-electron chi connectivity index (χ4n) is 2.35. The van der Waals surface area contributed by atoms with E-state index in [1.54, 1.807) is 6.26 Å². The van der Waals surface area contributed by atoms with Crippen molar-refractivity contribution in [2.45, 2.75) is 19.9 Å². The highest BCUT2D eigenvalue weighted by molar-refractivity contribution is 5.43. The third-order valence-electron chi connectivity index (χ3n) is 3.69. The van der Waals surface area contributed by atoms with E-state index in [1.807, 2.05) is 56.7 Å². The molecule has 0 radical (unpaired) electrons. The van der Waals surface area contributed by atoms with Crippen LogP contribution < -0.4 is 10.2 Å². The van der Waals surface area contributed by atoms with Gasteiger partial charge in [-0.2, -0.15) is 4.98 Å². The molecule has 3 heterocycles. The van der Waals surface area contributed by atoms with E-state index < -0.39 is 0 Å². The molecule has 6 nitrogen and oxygen atoms in total. The van der Waals surface area contributed by atoms with E-state index in [1.165, 1.54) is 5.56 Å². The molecule has 3 aromatic rings. The van der Waals surface area contributed by atoms with E-state index in [2.05, 4.69) is 25.2 Å². The second-order valence-corrected chi connectivity index (χ2v) is 5.65. The van der Waals surface area contributed by atoms with Gasteiger partial charge in [0.2, 0.25) is 5.95 Å². The van der Waals surface area contributed by atoms with Gasteiger partial charge in [0.1, 0.15) is 11.6 Å². The minimum atomic E-state index is 0.601. The van der Waals surface area contributed by atoms with E-state index in [9.17, 15) is 0 Å². The van der Waals surface area contributed by atoms with Gasteiger partial charge in [-0.3, -0.25) is 4.98 Å². The molecule has 3 rings (SSSR count). The first-order chi connectivity index (χ1) is 11.7. The van der Waals surface area contributed by atoms with Crippen LogP contribution >= 0.6 is 0 Å². The molecule has 0 bridgehead atoms. The van der Waals surface area contributed by atoms with Crippen molar-refractivity contribution in [3.63, 3.8) is 0 Å². The highest BCUT2D eigenvalue weighted by Gasteiger charge is 2.08. The van der Waals surface area contributed by atoms with Crippen LogP contribution in [0.4, 0.5) is 11.8 Å².